The van der Waals surface area contributed by atoms with Crippen LogP contribution in [0.2, 0.25) is 0 Å². The Hall–Kier alpha value is -3.09. The van der Waals surface area contributed by atoms with Gasteiger partial charge in [0.2, 0.25) is 5.88 Å². The predicted octanol–water partition coefficient (Wildman–Crippen LogP) is 1.14. The quantitative estimate of drug-likeness (QED) is 0.600. The lowest BCUT2D eigenvalue weighted by atomic mass is 9.99. The van der Waals surface area contributed by atoms with Crippen LogP contribution in [0.25, 0.3) is 22.1 Å². The van der Waals surface area contributed by atoms with Gasteiger partial charge >= 0.3 is 11.3 Å². The van der Waals surface area contributed by atoms with E-state index in [9.17, 15) is 14.7 Å². The Balaban J connectivity index is 2.13. The molecule has 0 saturated carbocycles. The summed E-state index contributed by atoms with van der Waals surface area (Å²) in [6.45, 7) is 0.120. The fourth-order valence-electron chi connectivity index (χ4n) is 2.49. The van der Waals surface area contributed by atoms with Crippen LogP contribution in [0.4, 0.5) is 0 Å². The van der Waals surface area contributed by atoms with Crippen molar-refractivity contribution in [3.8, 4) is 22.8 Å². The van der Waals surface area contributed by atoms with Crippen LogP contribution in [0.3, 0.4) is 0 Å². The molecule has 1 aromatic carbocycles. The summed E-state index contributed by atoms with van der Waals surface area (Å²) in [7, 11) is 0. The van der Waals surface area contributed by atoms with Crippen LogP contribution in [0.5, 0.6) is 11.6 Å². The van der Waals surface area contributed by atoms with Crippen molar-refractivity contribution in [2.24, 2.45) is 0 Å². The van der Waals surface area contributed by atoms with Crippen molar-refractivity contribution in [2.45, 2.75) is 6.61 Å². The van der Waals surface area contributed by atoms with E-state index in [2.05, 4.69) is 9.97 Å². The summed E-state index contributed by atoms with van der Waals surface area (Å²) in [5.74, 6) is 0.210. The molecule has 0 atom stereocenters. The normalized spacial score (nSPS) is 12.6. The van der Waals surface area contributed by atoms with Gasteiger partial charge in [-0.3, -0.25) is 4.98 Å². The third kappa shape index (κ3) is 1.64. The van der Waals surface area contributed by atoms with Gasteiger partial charge in [0, 0.05) is 23.2 Å². The van der Waals surface area contributed by atoms with Gasteiger partial charge in [-0.1, -0.05) is 0 Å². The Labute approximate surface area is 116 Å². The van der Waals surface area contributed by atoms with Crippen LogP contribution in [0, 0.1) is 0 Å². The lowest BCUT2D eigenvalue weighted by Crippen LogP contribution is -2.20. The van der Waals surface area contributed by atoms with E-state index in [1.54, 1.807) is 6.07 Å². The van der Waals surface area contributed by atoms with Crippen LogP contribution in [-0.2, 0) is 6.61 Å². The highest BCUT2D eigenvalue weighted by molar-refractivity contribution is 5.89. The molecule has 0 fully saturated rings. The summed E-state index contributed by atoms with van der Waals surface area (Å²) < 4.78 is 10.7. The summed E-state index contributed by atoms with van der Waals surface area (Å²) in [5.41, 5.74) is 0.511. The summed E-state index contributed by atoms with van der Waals surface area (Å²) >= 11 is 0. The van der Waals surface area contributed by atoms with E-state index >= 15 is 0 Å². The molecule has 0 spiro atoms. The molecule has 3 aromatic rings. The first-order chi connectivity index (χ1) is 10.1. The topological polar surface area (TPSA) is 105 Å². The van der Waals surface area contributed by atoms with Crippen LogP contribution in [0.1, 0.15) is 5.56 Å². The first kappa shape index (κ1) is 11.7. The molecule has 3 heterocycles. The number of rotatable bonds is 0. The van der Waals surface area contributed by atoms with E-state index in [0.29, 0.717) is 22.1 Å². The molecule has 2 N–H and O–H groups in total. The Morgan fingerprint density at radius 2 is 2.14 bits per heavy atom. The summed E-state index contributed by atoms with van der Waals surface area (Å²) in [6.07, 6.45) is 1.29. The van der Waals surface area contributed by atoms with Crippen LogP contribution in [0.15, 0.2) is 38.4 Å². The number of phenolic OH excluding ortho intramolecular Hbond substituents is 1. The van der Waals surface area contributed by atoms with Gasteiger partial charge in [-0.15, -0.1) is 0 Å². The maximum atomic E-state index is 12.2. The van der Waals surface area contributed by atoms with Gasteiger partial charge < -0.3 is 14.3 Å². The second-order valence-corrected chi connectivity index (χ2v) is 4.64. The van der Waals surface area contributed by atoms with Gasteiger partial charge in [-0.2, -0.15) is 0 Å². The van der Waals surface area contributed by atoms with Gasteiger partial charge in [0.05, 0.1) is 11.1 Å². The second kappa shape index (κ2) is 3.95. The minimum Gasteiger partial charge on any atom is -0.508 e. The number of aromatic amines is 1. The highest BCUT2D eigenvalue weighted by atomic mass is 16.5. The Morgan fingerprint density at radius 3 is 3.00 bits per heavy atom. The number of H-pyrrole nitrogens is 1. The number of aromatic hydroxyl groups is 1. The van der Waals surface area contributed by atoms with Crippen molar-refractivity contribution in [2.75, 3.05) is 0 Å². The molecule has 104 valence electrons. The van der Waals surface area contributed by atoms with Gasteiger partial charge in [0.15, 0.2) is 0 Å². The van der Waals surface area contributed by atoms with Gasteiger partial charge in [0.1, 0.15) is 17.9 Å². The fraction of sp³-hybridized carbons (Fsp3) is 0.0714. The third-order valence-corrected chi connectivity index (χ3v) is 3.41. The number of phenols is 1. The molecule has 1 aliphatic rings. The average molecular weight is 284 g/mol. The number of nitrogens with zero attached hydrogens (tertiary/aromatic N) is 1. The zero-order valence-corrected chi connectivity index (χ0v) is 10.5. The molecule has 0 aliphatic carbocycles. The van der Waals surface area contributed by atoms with Gasteiger partial charge in [-0.25, -0.2) is 14.6 Å². The van der Waals surface area contributed by atoms with E-state index in [1.165, 1.54) is 18.3 Å². The van der Waals surface area contributed by atoms with E-state index in [-0.39, 0.29) is 23.8 Å². The van der Waals surface area contributed by atoms with E-state index in [4.69, 9.17) is 9.15 Å². The molecule has 4 rings (SSSR count). The number of hydrogen-bond donors (Lipinski definition) is 2. The standard InChI is InChI=1S/C14H8N2O5/c17-6-1-2-7-9-5-20-12-8(4-15-14(19)16-12)11(9)13(18)21-10(7)3-6/h1-4,17H,5H2,(H,15,16,19). The summed E-state index contributed by atoms with van der Waals surface area (Å²) in [4.78, 5) is 29.5. The van der Waals surface area contributed by atoms with Crippen molar-refractivity contribution in [3.05, 3.63) is 50.9 Å². The molecular formula is C14H8N2O5. The first-order valence-electron chi connectivity index (χ1n) is 6.14. The number of aromatic nitrogens is 2. The first-order valence-corrected chi connectivity index (χ1v) is 6.14. The average Bonchev–Trinajstić information content (AvgIpc) is 2.46. The smallest absolute Gasteiger partial charge is 0.347 e. The van der Waals surface area contributed by atoms with Crippen molar-refractivity contribution in [1.82, 2.24) is 9.97 Å². The van der Waals surface area contributed by atoms with Gasteiger partial charge in [-0.05, 0) is 12.1 Å². The number of hydrogen-bond acceptors (Lipinski definition) is 6. The largest absolute Gasteiger partial charge is 0.508 e. The molecule has 0 unspecified atom stereocenters. The maximum Gasteiger partial charge on any atom is 0.347 e. The third-order valence-electron chi connectivity index (χ3n) is 3.41. The number of benzene rings is 1. The molecule has 0 amide bonds. The zero-order valence-electron chi connectivity index (χ0n) is 10.5. The highest BCUT2D eigenvalue weighted by Crippen LogP contribution is 2.36. The summed E-state index contributed by atoms with van der Waals surface area (Å²) in [6, 6.07) is 4.53. The van der Waals surface area contributed by atoms with E-state index in [0.717, 1.165) is 0 Å². The van der Waals surface area contributed by atoms with Crippen molar-refractivity contribution < 1.29 is 14.3 Å². The number of ether oxygens (including phenoxy) is 1. The second-order valence-electron chi connectivity index (χ2n) is 4.64. The monoisotopic (exact) mass is 284 g/mol. The molecule has 7 heteroatoms. The highest BCUT2D eigenvalue weighted by Gasteiger charge is 2.25. The molecule has 7 nitrogen and oxygen atoms in total. The Bertz CT molecular complexity index is 1000. The van der Waals surface area contributed by atoms with Crippen LogP contribution in [-0.4, -0.2) is 15.1 Å². The molecule has 2 aromatic heterocycles. The predicted molar refractivity (Wildman–Crippen MR) is 72.3 cm³/mol. The Morgan fingerprint density at radius 1 is 1.29 bits per heavy atom. The van der Waals surface area contributed by atoms with Crippen molar-refractivity contribution in [3.63, 3.8) is 0 Å². The lowest BCUT2D eigenvalue weighted by molar-refractivity contribution is 0.288. The van der Waals surface area contributed by atoms with E-state index < -0.39 is 11.3 Å². The molecule has 0 bridgehead atoms. The van der Waals surface area contributed by atoms with Crippen LogP contribution < -0.4 is 16.1 Å². The molecular weight excluding hydrogens is 276 g/mol. The lowest BCUT2D eigenvalue weighted by Gasteiger charge is -2.19. The van der Waals surface area contributed by atoms with Gasteiger partial charge in [0.25, 0.3) is 0 Å². The number of nitrogens with one attached hydrogen (secondary N) is 1. The van der Waals surface area contributed by atoms with Crippen molar-refractivity contribution >= 4 is 11.0 Å². The number of fused-ring (bicyclic) bond motifs is 5. The molecule has 1 aliphatic heterocycles. The maximum absolute atomic E-state index is 12.2. The zero-order chi connectivity index (χ0) is 14.6. The Kier molecular flexibility index (Phi) is 2.20. The fourth-order valence-corrected chi connectivity index (χ4v) is 2.49. The van der Waals surface area contributed by atoms with E-state index in [1.807, 2.05) is 0 Å². The van der Waals surface area contributed by atoms with Crippen molar-refractivity contribution in [1.29, 1.82) is 0 Å². The SMILES string of the molecule is O=c1ncc2c([nH]1)OCc1c-2c(=O)oc2cc(O)ccc12. The molecule has 0 radical (unpaired) electrons. The molecule has 0 saturated heterocycles. The summed E-state index contributed by atoms with van der Waals surface area (Å²) in [5, 5.41) is 10.1. The minimum atomic E-state index is -0.568. The minimum absolute atomic E-state index is 0.00808. The van der Waals surface area contributed by atoms with Crippen LogP contribution >= 0.6 is 0 Å². The molecule has 21 heavy (non-hydrogen) atoms.